The van der Waals surface area contributed by atoms with Gasteiger partial charge in [-0.2, -0.15) is 4.99 Å². The van der Waals surface area contributed by atoms with E-state index in [1.165, 1.54) is 12.8 Å². The van der Waals surface area contributed by atoms with Crippen LogP contribution in [0.4, 0.5) is 5.69 Å². The molecule has 0 spiro atoms. The first kappa shape index (κ1) is 14.1. The van der Waals surface area contributed by atoms with Crippen LogP contribution >= 0.6 is 0 Å². The predicted octanol–water partition coefficient (Wildman–Crippen LogP) is 2.13. The molecule has 0 saturated carbocycles. The number of benzene rings is 1. The van der Waals surface area contributed by atoms with Gasteiger partial charge in [-0.15, -0.1) is 0 Å². The number of likely N-dealkylation sites (tertiary alicyclic amines) is 1. The SMILES string of the molecule is CN1CCOC/C1=N\C(=N\c1ccccc1)N1CCCC1. The van der Waals surface area contributed by atoms with Crippen LogP contribution < -0.4 is 0 Å². The molecular weight excluding hydrogens is 264 g/mol. The Morgan fingerprint density at radius 1 is 1.10 bits per heavy atom. The number of guanidine groups is 1. The van der Waals surface area contributed by atoms with Crippen LogP contribution in [-0.2, 0) is 4.74 Å². The lowest BCUT2D eigenvalue weighted by Crippen LogP contribution is -2.40. The number of aliphatic imine (C=N–C) groups is 2. The zero-order valence-corrected chi connectivity index (χ0v) is 12.5. The minimum atomic E-state index is 0.568. The van der Waals surface area contributed by atoms with E-state index in [4.69, 9.17) is 14.7 Å². The third-order valence-electron chi connectivity index (χ3n) is 3.85. The summed E-state index contributed by atoms with van der Waals surface area (Å²) in [4.78, 5) is 13.9. The van der Waals surface area contributed by atoms with Crippen LogP contribution in [0.5, 0.6) is 0 Å². The Bertz CT molecular complexity index is 520. The fourth-order valence-corrected chi connectivity index (χ4v) is 2.54. The number of para-hydroxylation sites is 1. The molecule has 0 radical (unpaired) electrons. The molecule has 0 unspecified atom stereocenters. The number of hydrogen-bond donors (Lipinski definition) is 0. The zero-order valence-electron chi connectivity index (χ0n) is 12.5. The van der Waals surface area contributed by atoms with E-state index >= 15 is 0 Å². The van der Waals surface area contributed by atoms with Crippen molar-refractivity contribution < 1.29 is 4.74 Å². The van der Waals surface area contributed by atoms with E-state index in [9.17, 15) is 0 Å². The smallest absolute Gasteiger partial charge is 0.227 e. The predicted molar refractivity (Wildman–Crippen MR) is 85.2 cm³/mol. The zero-order chi connectivity index (χ0) is 14.5. The standard InChI is InChI=1S/C16H22N4O/c1-19-11-12-21-13-15(19)18-16(20-9-5-6-10-20)17-14-7-3-2-4-8-14/h2-4,7-8H,5-6,9-13H2,1H3/b17-16-,18-15+. The van der Waals surface area contributed by atoms with Gasteiger partial charge < -0.3 is 14.5 Å². The van der Waals surface area contributed by atoms with Gasteiger partial charge in [0.2, 0.25) is 5.96 Å². The van der Waals surface area contributed by atoms with Gasteiger partial charge in [0, 0.05) is 26.7 Å². The minimum Gasteiger partial charge on any atom is -0.372 e. The average Bonchev–Trinajstić information content (AvgIpc) is 3.04. The molecule has 1 aromatic rings. The van der Waals surface area contributed by atoms with E-state index in [1.807, 2.05) is 30.3 Å². The van der Waals surface area contributed by atoms with Crippen LogP contribution in [0.25, 0.3) is 0 Å². The fourth-order valence-electron chi connectivity index (χ4n) is 2.54. The molecule has 3 rings (SSSR count). The summed E-state index contributed by atoms with van der Waals surface area (Å²) in [6.07, 6.45) is 2.43. The molecule has 2 heterocycles. The summed E-state index contributed by atoms with van der Waals surface area (Å²) in [6, 6.07) is 10.0. The van der Waals surface area contributed by atoms with Crippen molar-refractivity contribution in [1.82, 2.24) is 9.80 Å². The summed E-state index contributed by atoms with van der Waals surface area (Å²) in [5, 5.41) is 0. The van der Waals surface area contributed by atoms with Crippen LogP contribution in [0.1, 0.15) is 12.8 Å². The summed E-state index contributed by atoms with van der Waals surface area (Å²) in [5.74, 6) is 1.77. The van der Waals surface area contributed by atoms with Gasteiger partial charge >= 0.3 is 0 Å². The van der Waals surface area contributed by atoms with E-state index in [2.05, 4.69) is 16.8 Å². The number of ether oxygens (including phenoxy) is 1. The highest BCUT2D eigenvalue weighted by Crippen LogP contribution is 2.16. The molecule has 0 bridgehead atoms. The first-order chi connectivity index (χ1) is 10.3. The maximum atomic E-state index is 5.52. The van der Waals surface area contributed by atoms with Crippen molar-refractivity contribution in [1.29, 1.82) is 0 Å². The van der Waals surface area contributed by atoms with Crippen molar-refractivity contribution in [2.75, 3.05) is 39.9 Å². The van der Waals surface area contributed by atoms with Crippen LogP contribution in [0.15, 0.2) is 40.3 Å². The molecule has 21 heavy (non-hydrogen) atoms. The molecule has 0 aliphatic carbocycles. The molecule has 0 N–H and O–H groups in total. The number of amidine groups is 1. The lowest BCUT2D eigenvalue weighted by Gasteiger charge is -2.27. The minimum absolute atomic E-state index is 0.568. The first-order valence-electron chi connectivity index (χ1n) is 7.58. The van der Waals surface area contributed by atoms with Crippen LogP contribution in [0, 0.1) is 0 Å². The fraction of sp³-hybridized carbons (Fsp3) is 0.500. The van der Waals surface area contributed by atoms with Gasteiger partial charge in [-0.05, 0) is 25.0 Å². The monoisotopic (exact) mass is 286 g/mol. The number of likely N-dealkylation sites (N-methyl/N-ethyl adjacent to an activating group) is 1. The second kappa shape index (κ2) is 6.72. The molecule has 2 aliphatic heterocycles. The maximum absolute atomic E-state index is 5.52. The molecule has 2 fully saturated rings. The van der Waals surface area contributed by atoms with Crippen molar-refractivity contribution in [3.63, 3.8) is 0 Å². The molecule has 0 atom stereocenters. The molecule has 5 heteroatoms. The number of hydrogen-bond acceptors (Lipinski definition) is 2. The molecule has 0 amide bonds. The van der Waals surface area contributed by atoms with Gasteiger partial charge in [-0.25, -0.2) is 4.99 Å². The normalized spacial score (nSPS) is 22.1. The maximum Gasteiger partial charge on any atom is 0.227 e. The Balaban J connectivity index is 1.88. The summed E-state index contributed by atoms with van der Waals surface area (Å²) in [6.45, 7) is 4.29. The summed E-state index contributed by atoms with van der Waals surface area (Å²) in [7, 11) is 2.06. The molecule has 1 aromatic carbocycles. The highest BCUT2D eigenvalue weighted by molar-refractivity contribution is 5.97. The summed E-state index contributed by atoms with van der Waals surface area (Å²) >= 11 is 0. The van der Waals surface area contributed by atoms with Crippen LogP contribution in [0.3, 0.4) is 0 Å². The highest BCUT2D eigenvalue weighted by Gasteiger charge is 2.19. The Morgan fingerprint density at radius 2 is 1.86 bits per heavy atom. The van der Waals surface area contributed by atoms with Crippen LogP contribution in [-0.4, -0.2) is 61.5 Å². The van der Waals surface area contributed by atoms with Crippen molar-refractivity contribution in [2.24, 2.45) is 9.98 Å². The lowest BCUT2D eigenvalue weighted by atomic mass is 10.3. The van der Waals surface area contributed by atoms with Gasteiger partial charge in [-0.3, -0.25) is 0 Å². The lowest BCUT2D eigenvalue weighted by molar-refractivity contribution is 0.125. The molecule has 5 nitrogen and oxygen atoms in total. The van der Waals surface area contributed by atoms with E-state index in [0.717, 1.165) is 43.7 Å². The number of rotatable bonds is 1. The average molecular weight is 286 g/mol. The largest absolute Gasteiger partial charge is 0.372 e. The Kier molecular flexibility index (Phi) is 4.50. The Morgan fingerprint density at radius 3 is 2.57 bits per heavy atom. The molecular formula is C16H22N4O. The quantitative estimate of drug-likeness (QED) is 0.586. The van der Waals surface area contributed by atoms with E-state index in [-0.39, 0.29) is 0 Å². The van der Waals surface area contributed by atoms with Crippen LogP contribution in [0.2, 0.25) is 0 Å². The third kappa shape index (κ3) is 3.61. The second-order valence-corrected chi connectivity index (χ2v) is 5.44. The van der Waals surface area contributed by atoms with E-state index in [0.29, 0.717) is 6.61 Å². The first-order valence-corrected chi connectivity index (χ1v) is 7.58. The molecule has 2 saturated heterocycles. The van der Waals surface area contributed by atoms with Crippen molar-refractivity contribution >= 4 is 17.5 Å². The Hall–Kier alpha value is -1.88. The van der Waals surface area contributed by atoms with E-state index in [1.54, 1.807) is 0 Å². The van der Waals surface area contributed by atoms with Gasteiger partial charge in [-0.1, -0.05) is 18.2 Å². The van der Waals surface area contributed by atoms with Gasteiger partial charge in [0.1, 0.15) is 12.4 Å². The topological polar surface area (TPSA) is 40.4 Å². The Labute approximate surface area is 125 Å². The highest BCUT2D eigenvalue weighted by atomic mass is 16.5. The molecule has 0 aromatic heterocycles. The molecule has 112 valence electrons. The number of nitrogens with zero attached hydrogens (tertiary/aromatic N) is 4. The van der Waals surface area contributed by atoms with Gasteiger partial charge in [0.15, 0.2) is 0 Å². The third-order valence-corrected chi connectivity index (χ3v) is 3.85. The second-order valence-electron chi connectivity index (χ2n) is 5.44. The summed E-state index contributed by atoms with van der Waals surface area (Å²) < 4.78 is 5.52. The number of morpholine rings is 1. The van der Waals surface area contributed by atoms with Crippen molar-refractivity contribution in [2.45, 2.75) is 12.8 Å². The van der Waals surface area contributed by atoms with Crippen molar-refractivity contribution in [3.05, 3.63) is 30.3 Å². The van der Waals surface area contributed by atoms with Crippen molar-refractivity contribution in [3.8, 4) is 0 Å². The van der Waals surface area contributed by atoms with E-state index < -0.39 is 0 Å². The van der Waals surface area contributed by atoms with Gasteiger partial charge in [0.05, 0.1) is 12.3 Å². The summed E-state index contributed by atoms with van der Waals surface area (Å²) in [5.41, 5.74) is 0.947. The molecule has 2 aliphatic rings. The van der Waals surface area contributed by atoms with Gasteiger partial charge in [0.25, 0.3) is 0 Å².